The fourth-order valence-corrected chi connectivity index (χ4v) is 23.7. The smallest absolute Gasteiger partial charge is 0.256 e. The maximum absolute atomic E-state index is 12.5. The van der Waals surface area contributed by atoms with Crippen molar-refractivity contribution in [1.82, 2.24) is 79.7 Å². The number of aromatic nitrogens is 14. The molecule has 32 heteroatoms. The highest BCUT2D eigenvalue weighted by Gasteiger charge is 2.28. The van der Waals surface area contributed by atoms with Crippen LogP contribution < -0.4 is 41.0 Å². The number of carbonyl (C=O) groups excluding carboxylic acids is 1. The molecule has 2 aliphatic rings. The van der Waals surface area contributed by atoms with Gasteiger partial charge in [0.1, 0.15) is 57.9 Å². The highest BCUT2D eigenvalue weighted by atomic mass is 32.1. The molecule has 0 fully saturated rings. The summed E-state index contributed by atoms with van der Waals surface area (Å²) in [6, 6.07) is 46.9. The van der Waals surface area contributed by atoms with E-state index in [0.29, 0.717) is 30.5 Å². The van der Waals surface area contributed by atoms with Crippen molar-refractivity contribution in [1.29, 1.82) is 0 Å². The Morgan fingerprint density at radius 2 is 0.985 bits per heavy atom. The van der Waals surface area contributed by atoms with Gasteiger partial charge in [0, 0.05) is 138 Å². The van der Waals surface area contributed by atoms with E-state index in [1.54, 1.807) is 88.5 Å². The summed E-state index contributed by atoms with van der Waals surface area (Å²) in [5.41, 5.74) is 20.2. The lowest BCUT2D eigenvalue weighted by molar-refractivity contribution is 0.102. The van der Waals surface area contributed by atoms with Crippen molar-refractivity contribution in [3.63, 3.8) is 0 Å². The number of pyridine rings is 6. The Morgan fingerprint density at radius 1 is 0.485 bits per heavy atom. The molecule has 2 aliphatic heterocycles. The summed E-state index contributed by atoms with van der Waals surface area (Å²) >= 11 is 10.2. The molecule has 3 aromatic carbocycles. The lowest BCUT2D eigenvalue weighted by Gasteiger charge is -2.09. The number of aryl methyl sites for hydroxylation is 12. The molecule has 26 nitrogen and oxygen atoms in total. The van der Waals surface area contributed by atoms with Gasteiger partial charge in [-0.1, -0.05) is 55.8 Å². The second kappa shape index (κ2) is 38.7. The fourth-order valence-electron chi connectivity index (χ4n) is 16.2. The van der Waals surface area contributed by atoms with Crippen LogP contribution in [0.1, 0.15) is 133 Å². The molecule has 0 unspecified atom stereocenters. The molecule has 0 saturated heterocycles. The maximum Gasteiger partial charge on any atom is 0.256 e. The first-order valence-electron chi connectivity index (χ1n) is 43.7. The van der Waals surface area contributed by atoms with E-state index in [4.69, 9.17) is 24.0 Å². The van der Waals surface area contributed by atoms with Gasteiger partial charge in [-0.05, 0) is 219 Å². The van der Waals surface area contributed by atoms with E-state index >= 15 is 0 Å². The minimum atomic E-state index is -0.154. The molecule has 0 atom stereocenters. The number of benzene rings is 3. The first kappa shape index (κ1) is 90.8. The van der Waals surface area contributed by atoms with E-state index in [1.165, 1.54) is 102 Å². The number of hydrogen-bond acceptors (Lipinski definition) is 27. The number of ether oxygens (including phenoxy) is 2. The normalized spacial score (nSPS) is 12.1. The number of aliphatic imine (C=N–C) groups is 2. The fraction of sp³-hybridized carbons (Fsp3) is 0.290. The summed E-state index contributed by atoms with van der Waals surface area (Å²) < 4.78 is 28.1. The third-order valence-corrected chi connectivity index (χ3v) is 29.4. The van der Waals surface area contributed by atoms with Crippen molar-refractivity contribution >= 4 is 211 Å². The summed E-state index contributed by atoms with van der Waals surface area (Å²) in [5.74, 6) is 8.67. The Morgan fingerprint density at radius 3 is 1.55 bits per heavy atom. The van der Waals surface area contributed by atoms with Crippen LogP contribution in [0, 0.1) is 68.2 Å². The van der Waals surface area contributed by atoms with Crippen LogP contribution >= 0.6 is 68.0 Å². The summed E-state index contributed by atoms with van der Waals surface area (Å²) in [6.07, 6.45) is 4.71. The number of fused-ring (bicyclic) bond motifs is 18. The number of thiophene rings is 6. The SMILES string of the molecule is COc1ccc(CNC2=NCc3c2sc2nc(C)ccc32)cc1.COc1ccc(Cn2nc(N(C)C)c3sc4nc(C)cc(C)c4c32)cc1.Cc1ccc(C(=O)Nc2nn(C)c3c2sc2nc(C)cc(C)c23)cc1.Cc1ccc2c(n1)sc1c(NC(C)C)nn(C)c12.Cc1ccc2c3c(sc2n1)C(NCCC(C)C)=NC3.Cc1ccnc2sc3c(NCc4ccco4)nn(C)c3c12. The average Bonchev–Trinajstić information content (AvgIpc) is 1.58. The number of anilines is 4. The van der Waals surface area contributed by atoms with E-state index in [-0.39, 0.29) is 5.91 Å². The minimum Gasteiger partial charge on any atom is -0.497 e. The van der Waals surface area contributed by atoms with Gasteiger partial charge in [-0.2, -0.15) is 20.4 Å². The van der Waals surface area contributed by atoms with Gasteiger partial charge in [0.2, 0.25) is 0 Å². The second-order valence-corrected chi connectivity index (χ2v) is 40.0. The van der Waals surface area contributed by atoms with E-state index < -0.39 is 0 Å². The number of furan rings is 1. The number of carbonyl (C=O) groups is 1. The first-order chi connectivity index (χ1) is 63.6. The number of hydrogen-bond donors (Lipinski definition) is 5. The first-order valence-corrected chi connectivity index (χ1v) is 48.6. The molecular formula is C100H106N22O4S6. The van der Waals surface area contributed by atoms with Crippen LogP contribution in [0.2, 0.25) is 0 Å². The molecule has 0 aliphatic carbocycles. The predicted octanol–water partition coefficient (Wildman–Crippen LogP) is 22.9. The lowest BCUT2D eigenvalue weighted by atomic mass is 10.1. The standard InChI is InChI=1S/C20H22N4OS.C19H18N4OS.C18H17N3OS.C15H14N4OS.C15H19N3S.C13H16N4S/c1-12-10-13(2)21-20-16(12)17-18(26-20)19(23(3)4)22-24(17)11-14-6-8-15(25-5)9-7-14;1-10-5-7-13(8-6-10)18(24)21-17-16-15(23(4)22-17)14-11(2)9-12(3)20-19(14)25-16;1-11-3-8-14-15-10-20-17(16(15)23-18(14)21-11)19-9-12-4-6-13(22-2)7-5-12;1-9-5-6-16-15-11(9)12-13(21-15)14(18-19(12)2)17-8-10-4-3-7-20-10;1-9(2)6-7-16-14-13-12(8-17-14)11-5-4-10(3)18-15(11)19-13;1-7(2)14-12-11-10(17(4)16-12)9-6-5-8(3)15-13(9)18-11/h6-10H,11H2,1-5H3;5-9H,1-4H3,(H,21,22,24);3-8H,9-10H2,1-2H3,(H,19,20);3-7H,8H2,1-2H3,(H,17,18);4-5,9H,6-8H2,1-3H3,(H,16,17);5-7H,1-4H3,(H,14,16). The molecule has 5 N–H and O–H groups in total. The van der Waals surface area contributed by atoms with Crippen molar-refractivity contribution in [3.8, 4) is 11.5 Å². The van der Waals surface area contributed by atoms with Crippen LogP contribution in [-0.4, -0.2) is 128 Å². The number of amidine groups is 2. The zero-order chi connectivity index (χ0) is 92.6. The summed E-state index contributed by atoms with van der Waals surface area (Å²) in [7, 11) is 13.3. The summed E-state index contributed by atoms with van der Waals surface area (Å²) in [4.78, 5) is 60.6. The monoisotopic (exact) mass is 1870 g/mol. The second-order valence-electron chi connectivity index (χ2n) is 34.0. The van der Waals surface area contributed by atoms with Crippen molar-refractivity contribution < 1.29 is 18.7 Å². The van der Waals surface area contributed by atoms with Crippen LogP contribution in [0.4, 0.5) is 23.3 Å². The van der Waals surface area contributed by atoms with Gasteiger partial charge in [-0.25, -0.2) is 29.9 Å². The Bertz CT molecular complexity index is 7720. The molecule has 22 rings (SSSR count). The Kier molecular flexibility index (Phi) is 26.7. The van der Waals surface area contributed by atoms with Crippen molar-refractivity contribution in [2.45, 2.75) is 135 Å². The Labute approximate surface area is 789 Å². The Balaban J connectivity index is 0.000000111. The van der Waals surface area contributed by atoms with Gasteiger partial charge in [0.15, 0.2) is 23.3 Å². The summed E-state index contributed by atoms with van der Waals surface area (Å²) in [5, 5.41) is 42.4. The van der Waals surface area contributed by atoms with Gasteiger partial charge in [0.05, 0.1) is 97.3 Å². The number of amides is 1. The molecule has 0 radical (unpaired) electrons. The average molecular weight is 1870 g/mol. The molecule has 0 bridgehead atoms. The van der Waals surface area contributed by atoms with Crippen molar-refractivity contribution in [2.24, 2.45) is 37.0 Å². The molecular weight excluding hydrogens is 1770 g/mol. The van der Waals surface area contributed by atoms with E-state index in [2.05, 4.69) is 208 Å². The predicted molar refractivity (Wildman–Crippen MR) is 550 cm³/mol. The van der Waals surface area contributed by atoms with Crippen LogP contribution in [-0.2, 0) is 53.9 Å². The minimum absolute atomic E-state index is 0.154. The van der Waals surface area contributed by atoms with Crippen molar-refractivity contribution in [2.75, 3.05) is 55.7 Å². The molecule has 19 heterocycles. The van der Waals surface area contributed by atoms with Crippen molar-refractivity contribution in [3.05, 3.63) is 246 Å². The number of rotatable bonds is 17. The number of nitrogens with zero attached hydrogens (tertiary/aromatic N) is 17. The highest BCUT2D eigenvalue weighted by Crippen LogP contribution is 2.45. The van der Waals surface area contributed by atoms with Crippen LogP contribution in [0.3, 0.4) is 0 Å². The number of nitrogens with one attached hydrogen (secondary N) is 5. The molecule has 1 amide bonds. The highest BCUT2D eigenvalue weighted by molar-refractivity contribution is 7.27. The van der Waals surface area contributed by atoms with Gasteiger partial charge in [-0.15, -0.1) is 68.0 Å². The largest absolute Gasteiger partial charge is 0.497 e. The zero-order valence-corrected chi connectivity index (χ0v) is 82.6. The Hall–Kier alpha value is -13.1. The van der Waals surface area contributed by atoms with Gasteiger partial charge >= 0.3 is 0 Å². The molecule has 20 aromatic rings. The molecule has 676 valence electrons. The summed E-state index contributed by atoms with van der Waals surface area (Å²) in [6.45, 7) is 31.8. The van der Waals surface area contributed by atoms with Gasteiger partial charge in [-0.3, -0.25) is 33.5 Å². The lowest BCUT2D eigenvalue weighted by Crippen LogP contribution is -2.24. The van der Waals surface area contributed by atoms with Crippen LogP contribution in [0.25, 0.3) is 102 Å². The van der Waals surface area contributed by atoms with Crippen LogP contribution in [0.5, 0.6) is 11.5 Å². The number of methoxy groups -OCH3 is 2. The van der Waals surface area contributed by atoms with E-state index in [0.717, 1.165) is 167 Å². The molecule has 0 spiro atoms. The molecule has 132 heavy (non-hydrogen) atoms. The molecule has 0 saturated carbocycles. The third kappa shape index (κ3) is 19.1. The van der Waals surface area contributed by atoms with Crippen LogP contribution in [0.15, 0.2) is 166 Å². The zero-order valence-electron chi connectivity index (χ0n) is 77.7. The quantitative estimate of drug-likeness (QED) is 0.0566. The van der Waals surface area contributed by atoms with Gasteiger partial charge < -0.3 is 45.4 Å². The topological polar surface area (TPSA) is 285 Å². The van der Waals surface area contributed by atoms with E-state index in [9.17, 15) is 4.79 Å². The van der Waals surface area contributed by atoms with Gasteiger partial charge in [0.25, 0.3) is 5.91 Å². The third-order valence-electron chi connectivity index (χ3n) is 22.8. The van der Waals surface area contributed by atoms with E-state index in [1.807, 2.05) is 164 Å². The molecule has 17 aromatic heterocycles. The maximum atomic E-state index is 12.5.